The van der Waals surface area contributed by atoms with Gasteiger partial charge >= 0.3 is 5.97 Å². The Morgan fingerprint density at radius 2 is 1.76 bits per heavy atom. The SMILES string of the molecule is O=C(O)C[C@H](c1ccc(Cl)cc1)c1ccc2c(c1)OCO2. The first kappa shape index (κ1) is 13.8. The number of rotatable bonds is 4. The summed E-state index contributed by atoms with van der Waals surface area (Å²) in [4.78, 5) is 11.2. The van der Waals surface area contributed by atoms with E-state index in [1.165, 1.54) is 0 Å². The molecule has 0 aliphatic carbocycles. The summed E-state index contributed by atoms with van der Waals surface area (Å²) in [6.45, 7) is 0.198. The van der Waals surface area contributed by atoms with Crippen LogP contribution in [0.4, 0.5) is 0 Å². The summed E-state index contributed by atoms with van der Waals surface area (Å²) in [5.41, 5.74) is 1.78. The summed E-state index contributed by atoms with van der Waals surface area (Å²) >= 11 is 5.89. The molecular weight excluding hydrogens is 292 g/mol. The van der Waals surface area contributed by atoms with Crippen LogP contribution < -0.4 is 9.47 Å². The summed E-state index contributed by atoms with van der Waals surface area (Å²) in [7, 11) is 0. The third kappa shape index (κ3) is 2.95. The normalized spacial score (nSPS) is 14.0. The van der Waals surface area contributed by atoms with E-state index in [1.807, 2.05) is 30.3 Å². The number of ether oxygens (including phenoxy) is 2. The van der Waals surface area contributed by atoms with Gasteiger partial charge in [-0.25, -0.2) is 0 Å². The van der Waals surface area contributed by atoms with E-state index in [2.05, 4.69) is 0 Å². The molecule has 2 aromatic rings. The molecule has 0 saturated heterocycles. The fourth-order valence-corrected chi connectivity index (χ4v) is 2.55. The molecule has 3 rings (SSSR count). The molecule has 108 valence electrons. The number of carbonyl (C=O) groups is 1. The van der Waals surface area contributed by atoms with Crippen molar-refractivity contribution in [2.45, 2.75) is 12.3 Å². The van der Waals surface area contributed by atoms with E-state index in [1.54, 1.807) is 12.1 Å². The van der Waals surface area contributed by atoms with Crippen LogP contribution in [-0.2, 0) is 4.79 Å². The van der Waals surface area contributed by atoms with Crippen molar-refractivity contribution in [1.29, 1.82) is 0 Å². The Bertz CT molecular complexity index is 666. The van der Waals surface area contributed by atoms with Crippen molar-refractivity contribution in [3.63, 3.8) is 0 Å². The number of aliphatic carboxylic acids is 1. The second-order valence-corrected chi connectivity index (χ2v) is 5.25. The second-order valence-electron chi connectivity index (χ2n) is 4.81. The summed E-state index contributed by atoms with van der Waals surface area (Å²) < 4.78 is 10.6. The Morgan fingerprint density at radius 1 is 1.10 bits per heavy atom. The van der Waals surface area contributed by atoms with Crippen molar-refractivity contribution >= 4 is 17.6 Å². The fraction of sp³-hybridized carbons (Fsp3) is 0.188. The highest BCUT2D eigenvalue weighted by atomic mass is 35.5. The van der Waals surface area contributed by atoms with Gasteiger partial charge in [-0.05, 0) is 35.4 Å². The Hall–Kier alpha value is -2.20. The largest absolute Gasteiger partial charge is 0.481 e. The molecule has 1 aliphatic heterocycles. The number of hydrogen-bond donors (Lipinski definition) is 1. The summed E-state index contributed by atoms with van der Waals surface area (Å²) in [6.07, 6.45) is 0.00127. The third-order valence-corrected chi connectivity index (χ3v) is 3.70. The van der Waals surface area contributed by atoms with Crippen LogP contribution in [0.5, 0.6) is 11.5 Å². The maximum absolute atomic E-state index is 11.2. The van der Waals surface area contributed by atoms with Crippen LogP contribution >= 0.6 is 11.6 Å². The van der Waals surface area contributed by atoms with E-state index >= 15 is 0 Å². The van der Waals surface area contributed by atoms with Crippen molar-refractivity contribution in [3.05, 3.63) is 58.6 Å². The van der Waals surface area contributed by atoms with Crippen LogP contribution in [0.3, 0.4) is 0 Å². The van der Waals surface area contributed by atoms with Gasteiger partial charge in [-0.15, -0.1) is 0 Å². The molecule has 2 aromatic carbocycles. The number of halogens is 1. The first-order chi connectivity index (χ1) is 10.1. The third-order valence-electron chi connectivity index (χ3n) is 3.45. The van der Waals surface area contributed by atoms with E-state index in [0.29, 0.717) is 16.5 Å². The van der Waals surface area contributed by atoms with Gasteiger partial charge in [-0.1, -0.05) is 29.8 Å². The lowest BCUT2D eigenvalue weighted by atomic mass is 9.88. The van der Waals surface area contributed by atoms with Crippen molar-refractivity contribution in [1.82, 2.24) is 0 Å². The Kier molecular flexibility index (Phi) is 3.71. The molecule has 0 saturated carbocycles. The minimum Gasteiger partial charge on any atom is -0.481 e. The van der Waals surface area contributed by atoms with Crippen LogP contribution in [0.15, 0.2) is 42.5 Å². The standard InChI is InChI=1S/C16H13ClO4/c17-12-4-1-10(2-5-12)13(8-16(18)19)11-3-6-14-15(7-11)21-9-20-14/h1-7,13H,8-9H2,(H,18,19)/t13-/m1/s1. The molecule has 1 heterocycles. The van der Waals surface area contributed by atoms with Gasteiger partial charge in [0.15, 0.2) is 11.5 Å². The molecule has 1 atom stereocenters. The Balaban J connectivity index is 1.99. The molecule has 4 nitrogen and oxygen atoms in total. The summed E-state index contributed by atoms with van der Waals surface area (Å²) in [6, 6.07) is 12.7. The van der Waals surface area contributed by atoms with Crippen LogP contribution in [-0.4, -0.2) is 17.9 Å². The Morgan fingerprint density at radius 3 is 2.48 bits per heavy atom. The molecule has 0 radical (unpaired) electrons. The van der Waals surface area contributed by atoms with Crippen LogP contribution in [0, 0.1) is 0 Å². The van der Waals surface area contributed by atoms with E-state index in [0.717, 1.165) is 11.1 Å². The van der Waals surface area contributed by atoms with E-state index in [4.69, 9.17) is 21.1 Å². The van der Waals surface area contributed by atoms with Crippen LogP contribution in [0.2, 0.25) is 5.02 Å². The lowest BCUT2D eigenvalue weighted by Gasteiger charge is -2.16. The zero-order valence-electron chi connectivity index (χ0n) is 11.1. The van der Waals surface area contributed by atoms with Gasteiger partial charge in [-0.2, -0.15) is 0 Å². The monoisotopic (exact) mass is 304 g/mol. The molecule has 0 bridgehead atoms. The highest BCUT2D eigenvalue weighted by molar-refractivity contribution is 6.30. The van der Waals surface area contributed by atoms with Crippen molar-refractivity contribution < 1.29 is 19.4 Å². The molecule has 0 aromatic heterocycles. The minimum atomic E-state index is -0.854. The first-order valence-electron chi connectivity index (χ1n) is 6.50. The number of benzene rings is 2. The van der Waals surface area contributed by atoms with Crippen molar-refractivity contribution in [3.8, 4) is 11.5 Å². The number of fused-ring (bicyclic) bond motifs is 1. The summed E-state index contributed by atoms with van der Waals surface area (Å²) in [5, 5.41) is 9.80. The van der Waals surface area contributed by atoms with Crippen LogP contribution in [0.25, 0.3) is 0 Å². The molecule has 0 fully saturated rings. The molecule has 0 spiro atoms. The first-order valence-corrected chi connectivity index (χ1v) is 6.88. The molecular formula is C16H13ClO4. The smallest absolute Gasteiger partial charge is 0.304 e. The van der Waals surface area contributed by atoms with Gasteiger partial charge in [0.05, 0.1) is 6.42 Å². The molecule has 5 heteroatoms. The molecule has 0 amide bonds. The van der Waals surface area contributed by atoms with Gasteiger partial charge in [0.25, 0.3) is 0 Å². The highest BCUT2D eigenvalue weighted by Gasteiger charge is 2.21. The second kappa shape index (κ2) is 5.66. The van der Waals surface area contributed by atoms with Gasteiger partial charge < -0.3 is 14.6 Å². The lowest BCUT2D eigenvalue weighted by Crippen LogP contribution is -2.08. The topological polar surface area (TPSA) is 55.8 Å². The predicted molar refractivity (Wildman–Crippen MR) is 78.1 cm³/mol. The van der Waals surface area contributed by atoms with E-state index in [-0.39, 0.29) is 19.1 Å². The van der Waals surface area contributed by atoms with Gasteiger partial charge in [0.1, 0.15) is 0 Å². The summed E-state index contributed by atoms with van der Waals surface area (Å²) in [5.74, 6) is 0.225. The maximum Gasteiger partial charge on any atom is 0.304 e. The highest BCUT2D eigenvalue weighted by Crippen LogP contribution is 2.37. The molecule has 0 unspecified atom stereocenters. The Labute approximate surface area is 126 Å². The lowest BCUT2D eigenvalue weighted by molar-refractivity contribution is -0.137. The number of carboxylic acid groups (broad SMARTS) is 1. The molecule has 1 aliphatic rings. The van der Waals surface area contributed by atoms with Crippen LogP contribution in [0.1, 0.15) is 23.5 Å². The molecule has 1 N–H and O–H groups in total. The quantitative estimate of drug-likeness (QED) is 0.936. The fourth-order valence-electron chi connectivity index (χ4n) is 2.43. The zero-order chi connectivity index (χ0) is 14.8. The average molecular weight is 305 g/mol. The van der Waals surface area contributed by atoms with Crippen molar-refractivity contribution in [2.24, 2.45) is 0 Å². The maximum atomic E-state index is 11.2. The van der Waals surface area contributed by atoms with Crippen molar-refractivity contribution in [2.75, 3.05) is 6.79 Å². The molecule has 21 heavy (non-hydrogen) atoms. The minimum absolute atomic E-state index is 0.00127. The van der Waals surface area contributed by atoms with Gasteiger partial charge in [0.2, 0.25) is 6.79 Å². The van der Waals surface area contributed by atoms with Gasteiger partial charge in [0, 0.05) is 10.9 Å². The average Bonchev–Trinajstić information content (AvgIpc) is 2.93. The van der Waals surface area contributed by atoms with Gasteiger partial charge in [-0.3, -0.25) is 4.79 Å². The van der Waals surface area contributed by atoms with E-state index in [9.17, 15) is 9.90 Å². The zero-order valence-corrected chi connectivity index (χ0v) is 11.8. The number of carboxylic acids is 1. The number of hydrogen-bond acceptors (Lipinski definition) is 3. The van der Waals surface area contributed by atoms with E-state index < -0.39 is 5.97 Å². The predicted octanol–water partition coefficient (Wildman–Crippen LogP) is 3.68.